The highest BCUT2D eigenvalue weighted by Gasteiger charge is 2.42. The molecule has 0 radical (unpaired) electrons. The maximum Gasteiger partial charge on any atom is 0.120 e. The molecule has 0 amide bonds. The highest BCUT2D eigenvalue weighted by molar-refractivity contribution is 9.10. The van der Waals surface area contributed by atoms with Crippen molar-refractivity contribution in [2.45, 2.75) is 45.3 Å². The second kappa shape index (κ2) is 5.43. The van der Waals surface area contributed by atoms with E-state index in [2.05, 4.69) is 15.9 Å². The van der Waals surface area contributed by atoms with Gasteiger partial charge in [0.1, 0.15) is 5.75 Å². The average Bonchev–Trinajstić information content (AvgIpc) is 2.29. The Kier molecular flexibility index (Phi) is 4.23. The van der Waals surface area contributed by atoms with E-state index < -0.39 is 5.60 Å². The van der Waals surface area contributed by atoms with Crippen molar-refractivity contribution in [1.29, 1.82) is 0 Å². The van der Waals surface area contributed by atoms with E-state index in [1.807, 2.05) is 26.0 Å². The van der Waals surface area contributed by atoms with Gasteiger partial charge < -0.3 is 14.9 Å². The van der Waals surface area contributed by atoms with Gasteiger partial charge in [-0.25, -0.2) is 0 Å². The maximum absolute atomic E-state index is 9.94. The van der Waals surface area contributed by atoms with Crippen LogP contribution in [0.25, 0.3) is 0 Å². The molecule has 1 atom stereocenters. The molecule has 2 N–H and O–H groups in total. The zero-order valence-electron chi connectivity index (χ0n) is 11.6. The Morgan fingerprint density at radius 2 is 1.84 bits per heavy atom. The van der Waals surface area contributed by atoms with Crippen molar-refractivity contribution in [2.75, 3.05) is 6.61 Å². The highest BCUT2D eigenvalue weighted by Crippen LogP contribution is 2.39. The molecule has 1 aliphatic carbocycles. The Morgan fingerprint density at radius 3 is 2.32 bits per heavy atom. The fourth-order valence-electron chi connectivity index (χ4n) is 2.47. The van der Waals surface area contributed by atoms with E-state index in [1.165, 1.54) is 0 Å². The summed E-state index contributed by atoms with van der Waals surface area (Å²) in [5.41, 5.74) is 1.34. The number of hydrogen-bond acceptors (Lipinski definition) is 3. The van der Waals surface area contributed by atoms with Crippen LogP contribution in [0.15, 0.2) is 16.6 Å². The van der Waals surface area contributed by atoms with Crippen LogP contribution in [0.3, 0.4) is 0 Å². The van der Waals surface area contributed by atoms with Gasteiger partial charge in [-0.1, -0.05) is 15.9 Å². The molecule has 1 saturated carbocycles. The zero-order chi connectivity index (χ0) is 14.2. The molecule has 0 spiro atoms. The lowest BCUT2D eigenvalue weighted by Gasteiger charge is -2.43. The normalized spacial score (nSPS) is 25.6. The van der Waals surface area contributed by atoms with Gasteiger partial charge >= 0.3 is 0 Å². The third-order valence-electron chi connectivity index (χ3n) is 4.01. The van der Waals surface area contributed by atoms with Crippen molar-refractivity contribution in [1.82, 2.24) is 0 Å². The second-order valence-corrected chi connectivity index (χ2v) is 6.59. The number of halogens is 1. The highest BCUT2D eigenvalue weighted by atomic mass is 79.9. The van der Waals surface area contributed by atoms with Crippen molar-refractivity contribution >= 4 is 15.9 Å². The van der Waals surface area contributed by atoms with Gasteiger partial charge in [0.05, 0.1) is 18.3 Å². The third-order valence-corrected chi connectivity index (χ3v) is 5.26. The van der Waals surface area contributed by atoms with E-state index in [9.17, 15) is 5.11 Å². The van der Waals surface area contributed by atoms with Gasteiger partial charge in [0, 0.05) is 4.47 Å². The lowest BCUT2D eigenvalue weighted by molar-refractivity contribution is -0.104. The molecular formula is C15H21BrO3. The van der Waals surface area contributed by atoms with Crippen molar-refractivity contribution in [3.05, 3.63) is 27.7 Å². The SMILES string of the molecule is Cc1cc(O[C@H]2C[C@@H](C(C)(O)CO)C2)cc(C)c1Br. The fraction of sp³-hybridized carbons (Fsp3) is 0.600. The molecule has 0 aromatic heterocycles. The van der Waals surface area contributed by atoms with Crippen LogP contribution in [0.4, 0.5) is 0 Å². The summed E-state index contributed by atoms with van der Waals surface area (Å²) >= 11 is 3.54. The van der Waals surface area contributed by atoms with E-state index in [4.69, 9.17) is 9.84 Å². The van der Waals surface area contributed by atoms with Crippen LogP contribution in [0.1, 0.15) is 30.9 Å². The Hall–Kier alpha value is -0.580. The van der Waals surface area contributed by atoms with Crippen LogP contribution in [-0.2, 0) is 0 Å². The monoisotopic (exact) mass is 328 g/mol. The van der Waals surface area contributed by atoms with Gasteiger partial charge in [-0.3, -0.25) is 0 Å². The molecule has 1 unspecified atom stereocenters. The summed E-state index contributed by atoms with van der Waals surface area (Å²) in [7, 11) is 0. The predicted octanol–water partition coefficient (Wildman–Crippen LogP) is 2.97. The van der Waals surface area contributed by atoms with Crippen molar-refractivity contribution in [3.8, 4) is 5.75 Å². The van der Waals surface area contributed by atoms with Gasteiger partial charge in [-0.15, -0.1) is 0 Å². The Morgan fingerprint density at radius 1 is 1.32 bits per heavy atom. The summed E-state index contributed by atoms with van der Waals surface area (Å²) in [5, 5.41) is 19.1. The molecule has 1 fully saturated rings. The minimum Gasteiger partial charge on any atom is -0.490 e. The summed E-state index contributed by atoms with van der Waals surface area (Å²) in [6.07, 6.45) is 1.73. The smallest absolute Gasteiger partial charge is 0.120 e. The molecule has 0 saturated heterocycles. The van der Waals surface area contributed by atoms with Gasteiger partial charge in [0.15, 0.2) is 0 Å². The first-order chi connectivity index (χ1) is 8.83. The molecule has 3 nitrogen and oxygen atoms in total. The van der Waals surface area contributed by atoms with Crippen LogP contribution in [0, 0.1) is 19.8 Å². The number of hydrogen-bond donors (Lipinski definition) is 2. The van der Waals surface area contributed by atoms with Crippen molar-refractivity contribution in [3.63, 3.8) is 0 Å². The van der Waals surface area contributed by atoms with Crippen LogP contribution >= 0.6 is 15.9 Å². The molecule has 1 aromatic rings. The lowest BCUT2D eigenvalue weighted by atomic mass is 9.72. The van der Waals surface area contributed by atoms with Crippen LogP contribution < -0.4 is 4.74 Å². The van der Waals surface area contributed by atoms with Crippen molar-refractivity contribution < 1.29 is 14.9 Å². The predicted molar refractivity (Wildman–Crippen MR) is 78.5 cm³/mol. The molecule has 0 bridgehead atoms. The Labute approximate surface area is 122 Å². The summed E-state index contributed by atoms with van der Waals surface area (Å²) in [6.45, 7) is 5.58. The lowest BCUT2D eigenvalue weighted by Crippen LogP contribution is -2.49. The maximum atomic E-state index is 9.94. The molecule has 0 heterocycles. The van der Waals surface area contributed by atoms with E-state index in [0.29, 0.717) is 0 Å². The summed E-state index contributed by atoms with van der Waals surface area (Å²) in [5.74, 6) is 1.01. The molecule has 1 aliphatic rings. The number of benzene rings is 1. The summed E-state index contributed by atoms with van der Waals surface area (Å²) in [4.78, 5) is 0. The number of rotatable bonds is 4. The van der Waals surface area contributed by atoms with Crippen LogP contribution in [0.2, 0.25) is 0 Å². The van der Waals surface area contributed by atoms with Crippen LogP contribution in [0.5, 0.6) is 5.75 Å². The molecule has 1 aromatic carbocycles. The number of aliphatic hydroxyl groups excluding tert-OH is 1. The van der Waals surface area contributed by atoms with Gasteiger partial charge in [-0.05, 0) is 62.8 Å². The summed E-state index contributed by atoms with van der Waals surface area (Å²) < 4.78 is 7.04. The van der Waals surface area contributed by atoms with Gasteiger partial charge in [0.2, 0.25) is 0 Å². The average molecular weight is 329 g/mol. The minimum absolute atomic E-state index is 0.125. The Bertz CT molecular complexity index is 441. The molecule has 106 valence electrons. The first-order valence-electron chi connectivity index (χ1n) is 6.60. The molecular weight excluding hydrogens is 308 g/mol. The number of aryl methyl sites for hydroxylation is 2. The third kappa shape index (κ3) is 3.12. The van der Waals surface area contributed by atoms with E-state index in [0.717, 1.165) is 34.2 Å². The topological polar surface area (TPSA) is 49.7 Å². The molecule has 0 aliphatic heterocycles. The summed E-state index contributed by atoms with van der Waals surface area (Å²) in [6, 6.07) is 4.04. The van der Waals surface area contributed by atoms with E-state index in [-0.39, 0.29) is 18.6 Å². The minimum atomic E-state index is -0.981. The Balaban J connectivity index is 1.95. The van der Waals surface area contributed by atoms with Gasteiger partial charge in [-0.2, -0.15) is 0 Å². The molecule has 2 rings (SSSR count). The first-order valence-corrected chi connectivity index (χ1v) is 7.39. The fourth-order valence-corrected chi connectivity index (χ4v) is 2.69. The molecule has 19 heavy (non-hydrogen) atoms. The first kappa shape index (κ1) is 14.8. The largest absolute Gasteiger partial charge is 0.490 e. The zero-order valence-corrected chi connectivity index (χ0v) is 13.2. The quantitative estimate of drug-likeness (QED) is 0.893. The standard InChI is InChI=1S/C15H21BrO3/c1-9-4-12(5-10(2)14(9)16)19-13-6-11(7-13)15(3,18)8-17/h4-5,11,13,17-18H,6-8H2,1-3H3/t11-,13+,15?. The van der Waals surface area contributed by atoms with E-state index in [1.54, 1.807) is 6.92 Å². The van der Waals surface area contributed by atoms with E-state index >= 15 is 0 Å². The van der Waals surface area contributed by atoms with Crippen LogP contribution in [-0.4, -0.2) is 28.5 Å². The number of ether oxygens (including phenoxy) is 1. The van der Waals surface area contributed by atoms with Gasteiger partial charge in [0.25, 0.3) is 0 Å². The second-order valence-electron chi connectivity index (χ2n) is 5.79. The molecule has 4 heteroatoms. The number of aliphatic hydroxyl groups is 2. The van der Waals surface area contributed by atoms with Crippen molar-refractivity contribution in [2.24, 2.45) is 5.92 Å².